The lowest BCUT2D eigenvalue weighted by Crippen LogP contribution is -2.32. The lowest BCUT2D eigenvalue weighted by molar-refractivity contribution is -0.149. The number of nitrogens with one attached hydrogen (secondary N) is 2. The van der Waals surface area contributed by atoms with E-state index in [4.69, 9.17) is 4.74 Å². The van der Waals surface area contributed by atoms with E-state index in [1.165, 1.54) is 12.1 Å². The fraction of sp³-hybridized carbons (Fsp3) is 0.160. The topological polar surface area (TPSA) is 84.5 Å². The van der Waals surface area contributed by atoms with Crippen molar-refractivity contribution >= 4 is 17.8 Å². The van der Waals surface area contributed by atoms with Gasteiger partial charge in [-0.15, -0.1) is 0 Å². The van der Waals surface area contributed by atoms with Gasteiger partial charge >= 0.3 is 5.97 Å². The van der Waals surface area contributed by atoms with Crippen LogP contribution >= 0.6 is 0 Å². The van der Waals surface area contributed by atoms with E-state index in [1.54, 1.807) is 48.5 Å². The molecule has 3 rings (SSSR count). The molecule has 164 valence electrons. The summed E-state index contributed by atoms with van der Waals surface area (Å²) in [5, 5.41) is 5.45. The Kier molecular flexibility index (Phi) is 8.09. The highest BCUT2D eigenvalue weighted by molar-refractivity contribution is 5.94. The van der Waals surface area contributed by atoms with Gasteiger partial charge in [-0.3, -0.25) is 14.4 Å². The van der Waals surface area contributed by atoms with Crippen molar-refractivity contribution in [2.45, 2.75) is 19.0 Å². The van der Waals surface area contributed by atoms with Gasteiger partial charge in [0.05, 0.1) is 12.5 Å². The average molecular weight is 434 g/mol. The summed E-state index contributed by atoms with van der Waals surface area (Å²) in [6.45, 7) is -0.259. The van der Waals surface area contributed by atoms with Crippen LogP contribution in [0.5, 0.6) is 0 Å². The van der Waals surface area contributed by atoms with Gasteiger partial charge in [0.25, 0.3) is 11.8 Å². The van der Waals surface area contributed by atoms with E-state index in [0.29, 0.717) is 5.56 Å². The molecule has 7 heteroatoms. The van der Waals surface area contributed by atoms with Crippen LogP contribution in [0.3, 0.4) is 0 Å². The number of carbonyl (C=O) groups is 3. The molecule has 0 saturated carbocycles. The second kappa shape index (κ2) is 11.4. The van der Waals surface area contributed by atoms with Crippen molar-refractivity contribution in [2.24, 2.45) is 0 Å². The van der Waals surface area contributed by atoms with Gasteiger partial charge in [-0.05, 0) is 35.4 Å². The molecular formula is C25H23FN2O4. The van der Waals surface area contributed by atoms with Crippen LogP contribution in [0.2, 0.25) is 0 Å². The molecule has 6 nitrogen and oxygen atoms in total. The van der Waals surface area contributed by atoms with E-state index >= 15 is 0 Å². The molecule has 0 aliphatic carbocycles. The Hall–Kier alpha value is -4.00. The summed E-state index contributed by atoms with van der Waals surface area (Å²) in [7, 11) is 0. The Morgan fingerprint density at radius 2 is 1.47 bits per heavy atom. The fourth-order valence-electron chi connectivity index (χ4n) is 2.99. The third-order valence-electron chi connectivity index (χ3n) is 4.68. The molecule has 0 unspecified atom stereocenters. The molecule has 0 fully saturated rings. The minimum atomic E-state index is -0.621. The maximum absolute atomic E-state index is 12.9. The first-order valence-electron chi connectivity index (χ1n) is 10.1. The van der Waals surface area contributed by atoms with Gasteiger partial charge in [0.15, 0.2) is 6.61 Å². The minimum Gasteiger partial charge on any atom is -0.456 e. The highest BCUT2D eigenvalue weighted by Gasteiger charge is 2.20. The van der Waals surface area contributed by atoms with Gasteiger partial charge in [-0.1, -0.05) is 60.7 Å². The second-order valence-electron chi connectivity index (χ2n) is 7.07. The van der Waals surface area contributed by atoms with Crippen LogP contribution in [0.4, 0.5) is 4.39 Å². The zero-order chi connectivity index (χ0) is 22.8. The number of ether oxygens (including phenoxy) is 1. The molecule has 1 atom stereocenters. The van der Waals surface area contributed by atoms with E-state index in [0.717, 1.165) is 11.1 Å². The summed E-state index contributed by atoms with van der Waals surface area (Å²) >= 11 is 0. The lowest BCUT2D eigenvalue weighted by atomic mass is 10.0. The van der Waals surface area contributed by atoms with Crippen molar-refractivity contribution in [3.05, 3.63) is 107 Å². The first-order valence-corrected chi connectivity index (χ1v) is 10.1. The smallest absolute Gasteiger partial charge is 0.308 e. The van der Waals surface area contributed by atoms with Gasteiger partial charge in [0.2, 0.25) is 0 Å². The third-order valence-corrected chi connectivity index (χ3v) is 4.68. The molecule has 0 radical (unpaired) electrons. The van der Waals surface area contributed by atoms with Crippen molar-refractivity contribution in [2.75, 3.05) is 6.61 Å². The molecule has 0 saturated heterocycles. The molecule has 2 amide bonds. The van der Waals surface area contributed by atoms with E-state index in [2.05, 4.69) is 10.6 Å². The highest BCUT2D eigenvalue weighted by Crippen LogP contribution is 2.18. The van der Waals surface area contributed by atoms with E-state index in [9.17, 15) is 18.8 Å². The Balaban J connectivity index is 1.53. The molecule has 0 bridgehead atoms. The summed E-state index contributed by atoms with van der Waals surface area (Å²) in [5.41, 5.74) is 1.94. The highest BCUT2D eigenvalue weighted by atomic mass is 19.1. The van der Waals surface area contributed by atoms with Gasteiger partial charge in [-0.25, -0.2) is 4.39 Å². The maximum Gasteiger partial charge on any atom is 0.308 e. The largest absolute Gasteiger partial charge is 0.456 e. The first kappa shape index (κ1) is 22.7. The summed E-state index contributed by atoms with van der Waals surface area (Å²) in [5.74, 6) is -1.78. The van der Waals surface area contributed by atoms with Crippen molar-refractivity contribution in [1.29, 1.82) is 0 Å². The number of benzene rings is 3. The van der Waals surface area contributed by atoms with Crippen molar-refractivity contribution < 1.29 is 23.5 Å². The SMILES string of the molecule is O=C(COC(=O)C[C@H](NC(=O)c1ccccc1)c1ccccc1)NCc1ccc(F)cc1. The monoisotopic (exact) mass is 434 g/mol. The van der Waals surface area contributed by atoms with Crippen molar-refractivity contribution in [1.82, 2.24) is 10.6 Å². The predicted molar refractivity (Wildman–Crippen MR) is 117 cm³/mol. The second-order valence-corrected chi connectivity index (χ2v) is 7.07. The average Bonchev–Trinajstić information content (AvgIpc) is 2.83. The quantitative estimate of drug-likeness (QED) is 0.505. The Morgan fingerprint density at radius 1 is 0.844 bits per heavy atom. The van der Waals surface area contributed by atoms with Crippen LogP contribution in [-0.2, 0) is 20.9 Å². The molecule has 3 aromatic rings. The van der Waals surface area contributed by atoms with E-state index in [1.807, 2.05) is 24.3 Å². The number of halogens is 1. The molecular weight excluding hydrogens is 411 g/mol. The normalized spacial score (nSPS) is 11.3. The van der Waals surface area contributed by atoms with Crippen molar-refractivity contribution in [3.63, 3.8) is 0 Å². The lowest BCUT2D eigenvalue weighted by Gasteiger charge is -2.19. The van der Waals surface area contributed by atoms with E-state index < -0.39 is 24.5 Å². The molecule has 0 heterocycles. The molecule has 0 aliphatic heterocycles. The van der Waals surface area contributed by atoms with Crippen LogP contribution in [0.1, 0.15) is 33.9 Å². The molecule has 0 aromatic heterocycles. The van der Waals surface area contributed by atoms with Crippen LogP contribution < -0.4 is 10.6 Å². The summed E-state index contributed by atoms with van der Waals surface area (Å²) in [6, 6.07) is 22.9. The molecule has 0 aliphatic rings. The Labute approximate surface area is 185 Å². The zero-order valence-corrected chi connectivity index (χ0v) is 17.3. The number of rotatable bonds is 9. The standard InChI is InChI=1S/C25H23FN2O4/c26-21-13-11-18(12-14-21)16-27-23(29)17-32-24(30)15-22(19-7-3-1-4-8-19)28-25(31)20-9-5-2-6-10-20/h1-14,22H,15-17H2,(H,27,29)(H,28,31)/t22-/m0/s1. The van der Waals surface area contributed by atoms with Crippen molar-refractivity contribution in [3.8, 4) is 0 Å². The maximum atomic E-state index is 12.9. The molecule has 3 aromatic carbocycles. The van der Waals surface area contributed by atoms with Crippen LogP contribution in [0, 0.1) is 5.82 Å². The molecule has 32 heavy (non-hydrogen) atoms. The minimum absolute atomic E-state index is 0.131. The summed E-state index contributed by atoms with van der Waals surface area (Å²) in [6.07, 6.45) is -0.131. The van der Waals surface area contributed by atoms with Gasteiger partial charge in [0, 0.05) is 12.1 Å². The van der Waals surface area contributed by atoms with Crippen LogP contribution in [0.25, 0.3) is 0 Å². The van der Waals surface area contributed by atoms with Crippen LogP contribution in [0.15, 0.2) is 84.9 Å². The predicted octanol–water partition coefficient (Wildman–Crippen LogP) is 3.55. The summed E-state index contributed by atoms with van der Waals surface area (Å²) in [4.78, 5) is 36.9. The number of carbonyl (C=O) groups excluding carboxylic acids is 3. The molecule has 2 N–H and O–H groups in total. The summed E-state index contributed by atoms with van der Waals surface area (Å²) < 4.78 is 18.0. The van der Waals surface area contributed by atoms with E-state index in [-0.39, 0.29) is 24.7 Å². The third kappa shape index (κ3) is 7.05. The number of esters is 1. The zero-order valence-electron chi connectivity index (χ0n) is 17.3. The van der Waals surface area contributed by atoms with Gasteiger partial charge in [-0.2, -0.15) is 0 Å². The first-order chi connectivity index (χ1) is 15.5. The fourth-order valence-corrected chi connectivity index (χ4v) is 2.99. The number of hydrogen-bond acceptors (Lipinski definition) is 4. The Morgan fingerprint density at radius 3 is 2.12 bits per heavy atom. The number of amides is 2. The van der Waals surface area contributed by atoms with Crippen LogP contribution in [-0.4, -0.2) is 24.4 Å². The molecule has 0 spiro atoms. The van der Waals surface area contributed by atoms with Gasteiger partial charge < -0.3 is 15.4 Å². The number of hydrogen-bond donors (Lipinski definition) is 2. The Bertz CT molecular complexity index is 1040. The van der Waals surface area contributed by atoms with Gasteiger partial charge in [0.1, 0.15) is 5.82 Å².